The summed E-state index contributed by atoms with van der Waals surface area (Å²) in [6.45, 7) is 0. The van der Waals surface area contributed by atoms with E-state index in [1.165, 1.54) is 24.3 Å². The van der Waals surface area contributed by atoms with Gasteiger partial charge in [0.25, 0.3) is 5.69 Å². The van der Waals surface area contributed by atoms with Gasteiger partial charge >= 0.3 is 0 Å². The third kappa shape index (κ3) is 4.76. The van der Waals surface area contributed by atoms with E-state index in [4.69, 9.17) is 0 Å². The number of hydrogen-bond donors (Lipinski definition) is 2. The van der Waals surface area contributed by atoms with Crippen LogP contribution in [0.3, 0.4) is 0 Å². The molecule has 1 aliphatic rings. The molecule has 132 valence electrons. The van der Waals surface area contributed by atoms with Crippen LogP contribution >= 0.6 is 0 Å². The summed E-state index contributed by atoms with van der Waals surface area (Å²) in [5.41, 5.74) is 1.70. The van der Waals surface area contributed by atoms with Crippen molar-refractivity contribution in [2.45, 2.75) is 12.8 Å². The summed E-state index contributed by atoms with van der Waals surface area (Å²) < 4.78 is 0. The van der Waals surface area contributed by atoms with Gasteiger partial charge in [0.2, 0.25) is 11.8 Å². The average Bonchev–Trinajstić information content (AvgIpc) is 3.46. The lowest BCUT2D eigenvalue weighted by Gasteiger charge is -2.07. The van der Waals surface area contributed by atoms with Gasteiger partial charge in [-0.1, -0.05) is 18.2 Å². The molecule has 1 saturated carbocycles. The Bertz CT molecular complexity index is 888. The number of amides is 2. The van der Waals surface area contributed by atoms with Crippen molar-refractivity contribution in [3.8, 4) is 0 Å². The van der Waals surface area contributed by atoms with Crippen molar-refractivity contribution >= 4 is 35.0 Å². The van der Waals surface area contributed by atoms with Gasteiger partial charge in [0.15, 0.2) is 0 Å². The molecule has 0 unspecified atom stereocenters. The van der Waals surface area contributed by atoms with Crippen LogP contribution in [0, 0.1) is 16.0 Å². The summed E-state index contributed by atoms with van der Waals surface area (Å²) in [5, 5.41) is 16.3. The summed E-state index contributed by atoms with van der Waals surface area (Å²) in [6.07, 6.45) is 4.64. The second kappa shape index (κ2) is 7.60. The minimum Gasteiger partial charge on any atom is -0.326 e. The molecule has 2 aromatic carbocycles. The van der Waals surface area contributed by atoms with E-state index < -0.39 is 4.92 Å². The van der Waals surface area contributed by atoms with Crippen molar-refractivity contribution < 1.29 is 14.5 Å². The van der Waals surface area contributed by atoms with Gasteiger partial charge in [-0.3, -0.25) is 19.7 Å². The molecule has 0 heterocycles. The van der Waals surface area contributed by atoms with Crippen molar-refractivity contribution in [3.05, 3.63) is 70.3 Å². The topological polar surface area (TPSA) is 101 Å². The zero-order valence-electron chi connectivity index (χ0n) is 13.8. The highest BCUT2D eigenvalue weighted by Crippen LogP contribution is 2.30. The maximum atomic E-state index is 12.0. The van der Waals surface area contributed by atoms with E-state index in [1.807, 2.05) is 0 Å². The Kier molecular flexibility index (Phi) is 5.07. The number of carbonyl (C=O) groups excluding carboxylic acids is 2. The average molecular weight is 351 g/mol. The fourth-order valence-corrected chi connectivity index (χ4v) is 2.36. The van der Waals surface area contributed by atoms with Crippen LogP contribution in [-0.2, 0) is 9.59 Å². The SMILES string of the molecule is O=C(/C=C/c1cccc([N+](=O)[O-])c1)Nc1cccc(NC(=O)C2CC2)c1. The number of rotatable bonds is 6. The zero-order chi connectivity index (χ0) is 18.5. The third-order valence-electron chi connectivity index (χ3n) is 3.85. The highest BCUT2D eigenvalue weighted by molar-refractivity contribution is 6.02. The molecular weight excluding hydrogens is 334 g/mol. The van der Waals surface area contributed by atoms with E-state index >= 15 is 0 Å². The number of non-ortho nitro benzene ring substituents is 1. The molecule has 1 fully saturated rings. The molecule has 0 aliphatic heterocycles. The molecule has 0 spiro atoms. The Morgan fingerprint density at radius 3 is 2.42 bits per heavy atom. The third-order valence-corrected chi connectivity index (χ3v) is 3.85. The molecule has 0 radical (unpaired) electrons. The van der Waals surface area contributed by atoms with Crippen molar-refractivity contribution in [1.82, 2.24) is 0 Å². The van der Waals surface area contributed by atoms with Crippen molar-refractivity contribution in [3.63, 3.8) is 0 Å². The van der Waals surface area contributed by atoms with Gasteiger partial charge in [0.05, 0.1) is 4.92 Å². The van der Waals surface area contributed by atoms with Crippen LogP contribution in [0.4, 0.5) is 17.1 Å². The van der Waals surface area contributed by atoms with E-state index in [9.17, 15) is 19.7 Å². The summed E-state index contributed by atoms with van der Waals surface area (Å²) in [6, 6.07) is 12.9. The molecule has 1 aliphatic carbocycles. The number of nitro groups is 1. The number of nitro benzene ring substituents is 1. The van der Waals surface area contributed by atoms with Gasteiger partial charge in [-0.2, -0.15) is 0 Å². The van der Waals surface area contributed by atoms with Gasteiger partial charge in [-0.15, -0.1) is 0 Å². The van der Waals surface area contributed by atoms with Crippen LogP contribution in [0.2, 0.25) is 0 Å². The van der Waals surface area contributed by atoms with Crippen molar-refractivity contribution in [2.75, 3.05) is 10.6 Å². The van der Waals surface area contributed by atoms with Crippen molar-refractivity contribution in [1.29, 1.82) is 0 Å². The number of nitrogens with zero attached hydrogens (tertiary/aromatic N) is 1. The monoisotopic (exact) mass is 351 g/mol. The molecule has 0 atom stereocenters. The van der Waals surface area contributed by atoms with Crippen LogP contribution in [0.25, 0.3) is 6.08 Å². The minimum absolute atomic E-state index is 0.000885. The largest absolute Gasteiger partial charge is 0.326 e. The Hall–Kier alpha value is -3.48. The molecule has 26 heavy (non-hydrogen) atoms. The number of nitrogens with one attached hydrogen (secondary N) is 2. The maximum Gasteiger partial charge on any atom is 0.270 e. The van der Waals surface area contributed by atoms with Gasteiger partial charge in [0.1, 0.15) is 0 Å². The van der Waals surface area contributed by atoms with Crippen LogP contribution < -0.4 is 10.6 Å². The first-order chi connectivity index (χ1) is 12.5. The van der Waals surface area contributed by atoms with E-state index in [2.05, 4.69) is 10.6 Å². The summed E-state index contributed by atoms with van der Waals surface area (Å²) >= 11 is 0. The Morgan fingerprint density at radius 1 is 1.04 bits per heavy atom. The second-order valence-corrected chi connectivity index (χ2v) is 6.02. The maximum absolute atomic E-state index is 12.0. The molecule has 3 rings (SSSR count). The minimum atomic E-state index is -0.487. The fraction of sp³-hybridized carbons (Fsp3) is 0.158. The van der Waals surface area contributed by atoms with Gasteiger partial charge in [-0.25, -0.2) is 0 Å². The van der Waals surface area contributed by atoms with Gasteiger partial charge in [-0.05, 0) is 42.7 Å². The quantitative estimate of drug-likeness (QED) is 0.472. The first-order valence-corrected chi connectivity index (χ1v) is 8.16. The Balaban J connectivity index is 1.61. The molecule has 7 heteroatoms. The Morgan fingerprint density at radius 2 is 1.73 bits per heavy atom. The van der Waals surface area contributed by atoms with Gasteiger partial charge in [0, 0.05) is 35.5 Å². The molecule has 2 N–H and O–H groups in total. The Labute approximate surface area is 149 Å². The number of anilines is 2. The predicted octanol–water partition coefficient (Wildman–Crippen LogP) is 3.60. The highest BCUT2D eigenvalue weighted by atomic mass is 16.6. The first kappa shape index (κ1) is 17.3. The van der Waals surface area contributed by atoms with E-state index in [1.54, 1.807) is 36.4 Å². The van der Waals surface area contributed by atoms with Crippen molar-refractivity contribution in [2.24, 2.45) is 5.92 Å². The van der Waals surface area contributed by atoms with Crippen LogP contribution in [0.1, 0.15) is 18.4 Å². The molecule has 0 saturated heterocycles. The van der Waals surface area contributed by atoms with Crippen LogP contribution in [0.15, 0.2) is 54.6 Å². The molecule has 0 bridgehead atoms. The smallest absolute Gasteiger partial charge is 0.270 e. The molecule has 2 aromatic rings. The number of benzene rings is 2. The summed E-state index contributed by atoms with van der Waals surface area (Å²) in [5.74, 6) is -0.271. The predicted molar refractivity (Wildman–Crippen MR) is 98.6 cm³/mol. The standard InChI is InChI=1S/C19H17N3O4/c23-18(10-7-13-3-1-6-17(11-13)22(25)26)20-15-4-2-5-16(12-15)21-19(24)14-8-9-14/h1-7,10-12,14H,8-9H2,(H,20,23)(H,21,24)/b10-7+. The summed E-state index contributed by atoms with van der Waals surface area (Å²) in [4.78, 5) is 34.1. The zero-order valence-corrected chi connectivity index (χ0v) is 13.8. The van der Waals surface area contributed by atoms with Crippen LogP contribution in [-0.4, -0.2) is 16.7 Å². The molecule has 7 nitrogen and oxygen atoms in total. The fourth-order valence-electron chi connectivity index (χ4n) is 2.36. The highest BCUT2D eigenvalue weighted by Gasteiger charge is 2.29. The normalized spacial score (nSPS) is 13.4. The number of hydrogen-bond acceptors (Lipinski definition) is 4. The lowest BCUT2D eigenvalue weighted by Crippen LogP contribution is -2.14. The first-order valence-electron chi connectivity index (χ1n) is 8.16. The summed E-state index contributed by atoms with van der Waals surface area (Å²) in [7, 11) is 0. The van der Waals surface area contributed by atoms with Gasteiger partial charge < -0.3 is 10.6 Å². The van der Waals surface area contributed by atoms with E-state index in [0.717, 1.165) is 12.8 Å². The van der Waals surface area contributed by atoms with E-state index in [-0.39, 0.29) is 23.4 Å². The van der Waals surface area contributed by atoms with E-state index in [0.29, 0.717) is 16.9 Å². The van der Waals surface area contributed by atoms with Crippen LogP contribution in [0.5, 0.6) is 0 Å². The molecular formula is C19H17N3O4. The molecule has 2 amide bonds. The lowest BCUT2D eigenvalue weighted by atomic mass is 10.2. The second-order valence-electron chi connectivity index (χ2n) is 6.02. The number of carbonyl (C=O) groups is 2. The molecule has 0 aromatic heterocycles. The lowest BCUT2D eigenvalue weighted by molar-refractivity contribution is -0.384.